The van der Waals surface area contributed by atoms with E-state index in [1.54, 1.807) is 32.3 Å². The zero-order valence-corrected chi connectivity index (χ0v) is 19.2. The van der Waals surface area contributed by atoms with Crippen LogP contribution in [0.1, 0.15) is 22.8 Å². The molecule has 0 saturated heterocycles. The van der Waals surface area contributed by atoms with E-state index in [-0.39, 0.29) is 28.1 Å². The highest BCUT2D eigenvalue weighted by Gasteiger charge is 2.36. The van der Waals surface area contributed by atoms with Gasteiger partial charge in [-0.25, -0.2) is 9.64 Å². The number of amides is 2. The molecule has 0 saturated carbocycles. The van der Waals surface area contributed by atoms with Gasteiger partial charge in [0.25, 0.3) is 17.5 Å². The molecular formula is C26H23N3O5. The lowest BCUT2D eigenvalue weighted by Crippen LogP contribution is -2.42. The van der Waals surface area contributed by atoms with Crippen LogP contribution in [0.5, 0.6) is 5.75 Å². The Morgan fingerprint density at radius 3 is 2.35 bits per heavy atom. The Hall–Kier alpha value is -4.64. The number of aromatic carboxylic acids is 1. The minimum atomic E-state index is -1.12. The highest BCUT2D eigenvalue weighted by molar-refractivity contribution is 6.30. The fourth-order valence-electron chi connectivity index (χ4n) is 3.45. The van der Waals surface area contributed by atoms with Gasteiger partial charge in [0.05, 0.1) is 24.9 Å². The second-order valence-electron chi connectivity index (χ2n) is 7.64. The van der Waals surface area contributed by atoms with Gasteiger partial charge < -0.3 is 14.7 Å². The molecule has 0 radical (unpaired) electrons. The summed E-state index contributed by atoms with van der Waals surface area (Å²) >= 11 is 0. The molecular weight excluding hydrogens is 434 g/mol. The van der Waals surface area contributed by atoms with Crippen molar-refractivity contribution in [3.05, 3.63) is 94.0 Å². The molecule has 0 atom stereocenters. The number of imide groups is 1. The van der Waals surface area contributed by atoms with E-state index in [9.17, 15) is 14.4 Å². The van der Waals surface area contributed by atoms with E-state index in [1.165, 1.54) is 24.3 Å². The molecule has 0 spiro atoms. The molecule has 172 valence electrons. The Morgan fingerprint density at radius 2 is 1.79 bits per heavy atom. The van der Waals surface area contributed by atoms with Crippen LogP contribution in [0.3, 0.4) is 0 Å². The van der Waals surface area contributed by atoms with Crippen LogP contribution in [0.15, 0.2) is 71.5 Å². The second kappa shape index (κ2) is 9.88. The smallest absolute Gasteiger partial charge is 0.335 e. The minimum absolute atomic E-state index is 0.0192. The predicted molar refractivity (Wildman–Crippen MR) is 130 cm³/mol. The van der Waals surface area contributed by atoms with Crippen LogP contribution in [0.25, 0.3) is 10.9 Å². The fourth-order valence-corrected chi connectivity index (χ4v) is 3.45. The molecule has 1 aliphatic rings. The number of carbonyl (C=O) groups excluding carboxylic acids is 2. The van der Waals surface area contributed by atoms with Crippen molar-refractivity contribution in [3.8, 4) is 5.75 Å². The number of allylic oxidation sites excluding steroid dienone is 2. The normalized spacial score (nSPS) is 15.1. The summed E-state index contributed by atoms with van der Waals surface area (Å²) in [5.74, 6) is -1.82. The number of carboxylic acids is 1. The number of methoxy groups -OCH3 is 1. The molecule has 0 unspecified atom stereocenters. The quantitative estimate of drug-likeness (QED) is 0.398. The number of hydrogen-bond acceptors (Lipinski definition) is 5. The van der Waals surface area contributed by atoms with Crippen molar-refractivity contribution >= 4 is 35.2 Å². The number of carboxylic acid groups (broad SMARTS) is 1. The van der Waals surface area contributed by atoms with Crippen LogP contribution in [0, 0.1) is 6.57 Å². The second-order valence-corrected chi connectivity index (χ2v) is 7.64. The Morgan fingerprint density at radius 1 is 1.12 bits per heavy atom. The summed E-state index contributed by atoms with van der Waals surface area (Å²) in [5, 5.41) is 9.09. The number of rotatable bonds is 6. The van der Waals surface area contributed by atoms with Gasteiger partial charge in [0.2, 0.25) is 0 Å². The van der Waals surface area contributed by atoms with Crippen LogP contribution in [-0.2, 0) is 9.59 Å². The van der Waals surface area contributed by atoms with Crippen LogP contribution in [-0.4, -0.2) is 44.1 Å². The SMILES string of the molecule is [C-]#[N+]C1=C(C)/C(=C\C=C\c2ccc(N(C)C)cc2OC)C(=O)N(c2ccc(C(=O)O)cc2)C1=O. The molecule has 34 heavy (non-hydrogen) atoms. The summed E-state index contributed by atoms with van der Waals surface area (Å²) in [6.07, 6.45) is 4.98. The van der Waals surface area contributed by atoms with Crippen LogP contribution in [0.4, 0.5) is 11.4 Å². The molecule has 2 aromatic carbocycles. The Kier molecular flexibility index (Phi) is 6.98. The lowest BCUT2D eigenvalue weighted by atomic mass is 9.97. The maximum Gasteiger partial charge on any atom is 0.335 e. The van der Waals surface area contributed by atoms with Gasteiger partial charge in [-0.1, -0.05) is 18.2 Å². The van der Waals surface area contributed by atoms with Crippen molar-refractivity contribution in [2.75, 3.05) is 31.0 Å². The molecule has 3 rings (SSSR count). The molecule has 8 nitrogen and oxygen atoms in total. The minimum Gasteiger partial charge on any atom is -0.496 e. The summed E-state index contributed by atoms with van der Waals surface area (Å²) in [5.41, 5.74) is 2.26. The Bertz CT molecular complexity index is 1290. The third-order valence-electron chi connectivity index (χ3n) is 5.35. The number of carbonyl (C=O) groups is 3. The van der Waals surface area contributed by atoms with Gasteiger partial charge in [-0.3, -0.25) is 14.5 Å². The summed E-state index contributed by atoms with van der Waals surface area (Å²) in [4.78, 5) is 43.4. The molecule has 0 aromatic heterocycles. The average Bonchev–Trinajstić information content (AvgIpc) is 2.81. The zero-order chi connectivity index (χ0) is 25.0. The van der Waals surface area contributed by atoms with Crippen molar-refractivity contribution in [1.82, 2.24) is 0 Å². The van der Waals surface area contributed by atoms with E-state index >= 15 is 0 Å². The van der Waals surface area contributed by atoms with E-state index in [0.29, 0.717) is 5.75 Å². The predicted octanol–water partition coefficient (Wildman–Crippen LogP) is 4.17. The number of ether oxygens (including phenoxy) is 1. The third kappa shape index (κ3) is 4.59. The molecule has 0 aliphatic carbocycles. The van der Waals surface area contributed by atoms with Crippen LogP contribution in [0.2, 0.25) is 0 Å². The standard InChI is InChI=1S/C26H23N3O5/c1-16-21(8-6-7-17-9-14-20(28(3)4)15-22(17)34-5)24(30)29(25(31)23(16)27-2)19-12-10-18(11-13-19)26(32)33/h6-15H,1,3-5H3,(H,32,33)/b7-6+,21-8+. The maximum absolute atomic E-state index is 13.2. The van der Waals surface area contributed by atoms with Gasteiger partial charge in [0.1, 0.15) is 5.75 Å². The first kappa shape index (κ1) is 24.0. The summed E-state index contributed by atoms with van der Waals surface area (Å²) in [7, 11) is 5.43. The maximum atomic E-state index is 13.2. The lowest BCUT2D eigenvalue weighted by molar-refractivity contribution is -0.123. The lowest BCUT2D eigenvalue weighted by Gasteiger charge is -2.27. The van der Waals surface area contributed by atoms with E-state index < -0.39 is 17.8 Å². The van der Waals surface area contributed by atoms with Gasteiger partial charge in [-0.05, 0) is 48.9 Å². The average molecular weight is 457 g/mol. The third-order valence-corrected chi connectivity index (χ3v) is 5.35. The van der Waals surface area contributed by atoms with Crippen molar-refractivity contribution in [1.29, 1.82) is 0 Å². The molecule has 8 heteroatoms. The number of benzene rings is 2. The largest absolute Gasteiger partial charge is 0.496 e. The molecule has 2 amide bonds. The molecule has 1 aliphatic heterocycles. The van der Waals surface area contributed by atoms with E-state index in [2.05, 4.69) is 4.85 Å². The Balaban J connectivity index is 2.01. The first-order chi connectivity index (χ1) is 16.2. The number of anilines is 2. The van der Waals surface area contributed by atoms with Crippen LogP contribution < -0.4 is 14.5 Å². The highest BCUT2D eigenvalue weighted by atomic mass is 16.5. The van der Waals surface area contributed by atoms with E-state index in [1.807, 2.05) is 37.2 Å². The zero-order valence-electron chi connectivity index (χ0n) is 19.2. The molecule has 0 fully saturated rings. The highest BCUT2D eigenvalue weighted by Crippen LogP contribution is 2.31. The van der Waals surface area contributed by atoms with Crippen molar-refractivity contribution < 1.29 is 24.2 Å². The molecule has 1 heterocycles. The van der Waals surface area contributed by atoms with Crippen molar-refractivity contribution in [3.63, 3.8) is 0 Å². The number of hydrogen-bond donors (Lipinski definition) is 1. The van der Waals surface area contributed by atoms with Gasteiger partial charge in [0.15, 0.2) is 0 Å². The Labute approximate surface area is 197 Å². The molecule has 0 bridgehead atoms. The van der Waals surface area contributed by atoms with Crippen molar-refractivity contribution in [2.24, 2.45) is 0 Å². The molecule has 2 aromatic rings. The van der Waals surface area contributed by atoms with Gasteiger partial charge in [-0.15, -0.1) is 0 Å². The summed E-state index contributed by atoms with van der Waals surface area (Å²) < 4.78 is 5.46. The van der Waals surface area contributed by atoms with E-state index in [4.69, 9.17) is 16.4 Å². The first-order valence-corrected chi connectivity index (χ1v) is 10.2. The molecule has 1 N–H and O–H groups in total. The van der Waals surface area contributed by atoms with Gasteiger partial charge in [-0.2, -0.15) is 0 Å². The topological polar surface area (TPSA) is 91.5 Å². The first-order valence-electron chi connectivity index (χ1n) is 10.2. The van der Waals surface area contributed by atoms with Gasteiger partial charge >= 0.3 is 5.97 Å². The van der Waals surface area contributed by atoms with E-state index in [0.717, 1.165) is 16.2 Å². The summed E-state index contributed by atoms with van der Waals surface area (Å²) in [6.45, 7) is 9.00. The van der Waals surface area contributed by atoms with Crippen LogP contribution >= 0.6 is 0 Å². The number of nitrogens with zero attached hydrogens (tertiary/aromatic N) is 3. The monoisotopic (exact) mass is 457 g/mol. The van der Waals surface area contributed by atoms with Crippen molar-refractivity contribution in [2.45, 2.75) is 6.92 Å². The summed E-state index contributed by atoms with van der Waals surface area (Å²) in [6, 6.07) is 11.0. The van der Waals surface area contributed by atoms with Gasteiger partial charge in [0, 0.05) is 37.0 Å². The fraction of sp³-hybridized carbons (Fsp3) is 0.154.